The van der Waals surface area contributed by atoms with Gasteiger partial charge in [0.25, 0.3) is 5.91 Å². The van der Waals surface area contributed by atoms with Crippen LogP contribution in [0.25, 0.3) is 16.6 Å². The number of para-hydroxylation sites is 1. The molecule has 0 saturated heterocycles. The fourth-order valence-corrected chi connectivity index (χ4v) is 4.21. The highest BCUT2D eigenvalue weighted by Crippen LogP contribution is 2.47. The third-order valence-corrected chi connectivity index (χ3v) is 5.29. The van der Waals surface area contributed by atoms with Crippen molar-refractivity contribution in [1.82, 2.24) is 4.98 Å². The summed E-state index contributed by atoms with van der Waals surface area (Å²) < 4.78 is 0. The number of hydrogen-bond acceptors (Lipinski definition) is 2. The zero-order chi connectivity index (χ0) is 18.1. The predicted molar refractivity (Wildman–Crippen MR) is 105 cm³/mol. The standard InChI is InChI=1S/C23H20N2O/c1-14-9-10-17-16(11-14)20-21-18(24-17)12-23(2,3)13-19(21)25(22(20)26)15-7-5-4-6-8-15/h4-11,13H,12H2,1-3H3. The van der Waals surface area contributed by atoms with E-state index in [0.717, 1.165) is 51.1 Å². The van der Waals surface area contributed by atoms with Crippen LogP contribution in [0.15, 0.2) is 54.6 Å². The predicted octanol–water partition coefficient (Wildman–Crippen LogP) is 5.13. The van der Waals surface area contributed by atoms with E-state index in [1.54, 1.807) is 0 Å². The summed E-state index contributed by atoms with van der Waals surface area (Å²) in [5, 5.41) is 0.956. The molecule has 2 aromatic carbocycles. The molecule has 0 unspecified atom stereocenters. The summed E-state index contributed by atoms with van der Waals surface area (Å²) in [5.74, 6) is 0.0504. The van der Waals surface area contributed by atoms with Gasteiger partial charge in [-0.1, -0.05) is 49.8 Å². The first-order chi connectivity index (χ1) is 12.4. The van der Waals surface area contributed by atoms with Crippen molar-refractivity contribution < 1.29 is 4.79 Å². The number of anilines is 1. The Balaban J connectivity index is 1.88. The Morgan fingerprint density at radius 2 is 1.81 bits per heavy atom. The molecule has 0 bridgehead atoms. The number of aromatic nitrogens is 1. The average molecular weight is 340 g/mol. The van der Waals surface area contributed by atoms with E-state index in [1.165, 1.54) is 0 Å². The van der Waals surface area contributed by atoms with Crippen LogP contribution in [-0.4, -0.2) is 10.9 Å². The summed E-state index contributed by atoms with van der Waals surface area (Å²) in [5.41, 5.74) is 6.76. The van der Waals surface area contributed by atoms with E-state index in [1.807, 2.05) is 41.3 Å². The van der Waals surface area contributed by atoms with Gasteiger partial charge in [0.1, 0.15) is 0 Å². The monoisotopic (exact) mass is 340 g/mol. The zero-order valence-electron chi connectivity index (χ0n) is 15.2. The number of nitrogens with zero attached hydrogens (tertiary/aromatic N) is 2. The fraction of sp³-hybridized carbons (Fsp3) is 0.217. The Kier molecular flexibility index (Phi) is 2.97. The molecule has 26 heavy (non-hydrogen) atoms. The van der Waals surface area contributed by atoms with Crippen LogP contribution in [0, 0.1) is 12.3 Å². The minimum atomic E-state index is -0.0391. The SMILES string of the molecule is Cc1ccc2nc3c4c(c2c1)C(=O)N(c1ccccc1)C4=CC(C)(C)C3. The third-order valence-electron chi connectivity index (χ3n) is 5.29. The molecular formula is C23H20N2O. The summed E-state index contributed by atoms with van der Waals surface area (Å²) in [7, 11) is 0. The first-order valence-corrected chi connectivity index (χ1v) is 9.01. The highest BCUT2D eigenvalue weighted by molar-refractivity contribution is 6.27. The molecule has 0 fully saturated rings. The first kappa shape index (κ1) is 15.3. The topological polar surface area (TPSA) is 33.2 Å². The number of pyridine rings is 1. The van der Waals surface area contributed by atoms with Crippen molar-refractivity contribution in [2.45, 2.75) is 27.2 Å². The maximum Gasteiger partial charge on any atom is 0.264 e. The van der Waals surface area contributed by atoms with Gasteiger partial charge in [0, 0.05) is 16.6 Å². The second kappa shape index (κ2) is 5.04. The molecule has 1 aliphatic heterocycles. The third kappa shape index (κ3) is 2.07. The van der Waals surface area contributed by atoms with E-state index in [9.17, 15) is 4.79 Å². The Hall–Kier alpha value is -2.94. The lowest BCUT2D eigenvalue weighted by Gasteiger charge is -2.30. The molecule has 2 heterocycles. The molecule has 3 nitrogen and oxygen atoms in total. The van der Waals surface area contributed by atoms with Crippen LogP contribution in [0.2, 0.25) is 0 Å². The molecule has 1 amide bonds. The van der Waals surface area contributed by atoms with Gasteiger partial charge in [-0.25, -0.2) is 0 Å². The lowest BCUT2D eigenvalue weighted by atomic mass is 9.79. The Morgan fingerprint density at radius 3 is 2.58 bits per heavy atom. The van der Waals surface area contributed by atoms with Gasteiger partial charge in [0.2, 0.25) is 0 Å². The molecule has 0 atom stereocenters. The van der Waals surface area contributed by atoms with E-state index < -0.39 is 0 Å². The number of allylic oxidation sites excluding steroid dienone is 1. The summed E-state index contributed by atoms with van der Waals surface area (Å²) in [6.45, 7) is 6.46. The van der Waals surface area contributed by atoms with E-state index in [0.29, 0.717) is 0 Å². The molecule has 5 rings (SSSR count). The largest absolute Gasteiger partial charge is 0.277 e. The number of carbonyl (C=O) groups excluding carboxylic acids is 1. The Bertz CT molecular complexity index is 1110. The maximum atomic E-state index is 13.5. The van der Waals surface area contributed by atoms with Crippen LogP contribution in [0.1, 0.15) is 41.0 Å². The van der Waals surface area contributed by atoms with E-state index >= 15 is 0 Å². The van der Waals surface area contributed by atoms with Crippen molar-refractivity contribution in [3.8, 4) is 0 Å². The van der Waals surface area contributed by atoms with Crippen molar-refractivity contribution in [3.63, 3.8) is 0 Å². The van der Waals surface area contributed by atoms with Gasteiger partial charge in [-0.05, 0) is 43.0 Å². The molecule has 2 aliphatic rings. The molecule has 3 aromatic rings. The number of amides is 1. The second-order valence-electron chi connectivity index (χ2n) is 8.00. The van der Waals surface area contributed by atoms with Crippen LogP contribution in [-0.2, 0) is 6.42 Å². The van der Waals surface area contributed by atoms with Crippen molar-refractivity contribution in [3.05, 3.63) is 77.0 Å². The van der Waals surface area contributed by atoms with Crippen LogP contribution in [0.4, 0.5) is 5.69 Å². The van der Waals surface area contributed by atoms with Gasteiger partial charge in [0.05, 0.1) is 22.5 Å². The summed E-state index contributed by atoms with van der Waals surface area (Å²) in [4.78, 5) is 20.3. The van der Waals surface area contributed by atoms with Gasteiger partial charge in [0.15, 0.2) is 0 Å². The summed E-state index contributed by atoms with van der Waals surface area (Å²) >= 11 is 0. The van der Waals surface area contributed by atoms with E-state index in [-0.39, 0.29) is 11.3 Å². The van der Waals surface area contributed by atoms with Gasteiger partial charge >= 0.3 is 0 Å². The molecule has 1 aliphatic carbocycles. The Morgan fingerprint density at radius 1 is 1.04 bits per heavy atom. The maximum absolute atomic E-state index is 13.5. The number of carbonyl (C=O) groups is 1. The number of benzene rings is 2. The molecular weight excluding hydrogens is 320 g/mol. The normalized spacial score (nSPS) is 17.4. The minimum absolute atomic E-state index is 0.0391. The number of fused-ring (bicyclic) bond motifs is 2. The molecule has 1 aromatic heterocycles. The molecule has 128 valence electrons. The summed E-state index contributed by atoms with van der Waals surface area (Å²) in [6, 6.07) is 16.1. The second-order valence-corrected chi connectivity index (χ2v) is 8.00. The van der Waals surface area contributed by atoms with Gasteiger partial charge in [-0.2, -0.15) is 0 Å². The van der Waals surface area contributed by atoms with Crippen molar-refractivity contribution in [2.24, 2.45) is 5.41 Å². The Labute approximate surface area is 153 Å². The number of hydrogen-bond donors (Lipinski definition) is 0. The molecule has 0 radical (unpaired) electrons. The van der Waals surface area contributed by atoms with Gasteiger partial charge < -0.3 is 0 Å². The molecule has 3 heteroatoms. The molecule has 0 N–H and O–H groups in total. The van der Waals surface area contributed by atoms with Crippen molar-refractivity contribution >= 4 is 28.2 Å². The van der Waals surface area contributed by atoms with E-state index in [4.69, 9.17) is 4.98 Å². The quantitative estimate of drug-likeness (QED) is 0.615. The minimum Gasteiger partial charge on any atom is -0.277 e. The highest BCUT2D eigenvalue weighted by Gasteiger charge is 2.42. The van der Waals surface area contributed by atoms with Gasteiger partial charge in [-0.15, -0.1) is 0 Å². The molecule has 0 saturated carbocycles. The lowest BCUT2D eigenvalue weighted by molar-refractivity contribution is 0.101. The number of aryl methyl sites for hydroxylation is 1. The van der Waals surface area contributed by atoms with Crippen molar-refractivity contribution in [1.29, 1.82) is 0 Å². The van der Waals surface area contributed by atoms with Crippen LogP contribution >= 0.6 is 0 Å². The first-order valence-electron chi connectivity index (χ1n) is 9.01. The molecule has 0 spiro atoms. The summed E-state index contributed by atoms with van der Waals surface area (Å²) in [6.07, 6.45) is 3.08. The average Bonchev–Trinajstić information content (AvgIpc) is 2.88. The smallest absolute Gasteiger partial charge is 0.264 e. The van der Waals surface area contributed by atoms with Crippen LogP contribution in [0.3, 0.4) is 0 Å². The van der Waals surface area contributed by atoms with Gasteiger partial charge in [-0.3, -0.25) is 14.7 Å². The zero-order valence-corrected chi connectivity index (χ0v) is 15.2. The fourth-order valence-electron chi connectivity index (χ4n) is 4.21. The van der Waals surface area contributed by atoms with E-state index in [2.05, 4.69) is 39.0 Å². The van der Waals surface area contributed by atoms with Crippen LogP contribution < -0.4 is 4.90 Å². The highest BCUT2D eigenvalue weighted by atomic mass is 16.2. The number of rotatable bonds is 1. The van der Waals surface area contributed by atoms with Crippen LogP contribution in [0.5, 0.6) is 0 Å². The lowest BCUT2D eigenvalue weighted by Crippen LogP contribution is -2.26. The van der Waals surface area contributed by atoms with Crippen molar-refractivity contribution in [2.75, 3.05) is 4.90 Å².